The van der Waals surface area contributed by atoms with E-state index in [-0.39, 0.29) is 6.10 Å². The minimum atomic E-state index is 0.183. The average molecular weight is 364 g/mol. The van der Waals surface area contributed by atoms with Crippen molar-refractivity contribution in [2.45, 2.75) is 12.6 Å². The van der Waals surface area contributed by atoms with Crippen molar-refractivity contribution in [1.29, 1.82) is 0 Å². The van der Waals surface area contributed by atoms with Crippen molar-refractivity contribution < 1.29 is 4.74 Å². The summed E-state index contributed by atoms with van der Waals surface area (Å²) >= 11 is 7.00. The van der Waals surface area contributed by atoms with Crippen LogP contribution in [0.4, 0.5) is 0 Å². The highest BCUT2D eigenvalue weighted by atomic mass is 79.9. The number of ether oxygens (including phenoxy) is 1. The molecule has 1 aliphatic rings. The second-order valence-corrected chi connectivity index (χ2v) is 5.92. The van der Waals surface area contributed by atoms with Gasteiger partial charge in [-0.2, -0.15) is 0 Å². The Labute approximate surface area is 119 Å². The summed E-state index contributed by atoms with van der Waals surface area (Å²) in [4.78, 5) is 2.39. The summed E-state index contributed by atoms with van der Waals surface area (Å²) in [5, 5.41) is 0. The zero-order valence-electron chi connectivity index (χ0n) is 9.53. The molecule has 1 aliphatic heterocycles. The van der Waals surface area contributed by atoms with Gasteiger partial charge in [0.1, 0.15) is 0 Å². The Balaban J connectivity index is 1.97. The number of halogens is 2. The van der Waals surface area contributed by atoms with Gasteiger partial charge in [0.2, 0.25) is 0 Å². The van der Waals surface area contributed by atoms with Gasteiger partial charge < -0.3 is 10.5 Å². The maximum atomic E-state index is 5.64. The third-order valence-electron chi connectivity index (χ3n) is 2.88. The van der Waals surface area contributed by atoms with Gasteiger partial charge in [-0.05, 0) is 49.6 Å². The first-order chi connectivity index (χ1) is 8.19. The first kappa shape index (κ1) is 13.5. The van der Waals surface area contributed by atoms with E-state index in [9.17, 15) is 0 Å². The minimum absolute atomic E-state index is 0.183. The van der Waals surface area contributed by atoms with Gasteiger partial charge >= 0.3 is 0 Å². The highest BCUT2D eigenvalue weighted by molar-refractivity contribution is 9.13. The first-order valence-corrected chi connectivity index (χ1v) is 7.25. The fraction of sp³-hybridized carbons (Fsp3) is 0.500. The number of rotatable bonds is 3. The molecule has 3 nitrogen and oxygen atoms in total. The van der Waals surface area contributed by atoms with E-state index in [4.69, 9.17) is 10.5 Å². The Morgan fingerprint density at radius 1 is 1.35 bits per heavy atom. The SMILES string of the molecule is NCC1CN(Cc2ccc(Br)c(Br)c2)CCO1. The van der Waals surface area contributed by atoms with E-state index in [0.717, 1.165) is 35.2 Å². The third kappa shape index (κ3) is 3.76. The molecule has 1 heterocycles. The van der Waals surface area contributed by atoms with Crippen molar-refractivity contribution in [3.05, 3.63) is 32.7 Å². The summed E-state index contributed by atoms with van der Waals surface area (Å²) in [6.07, 6.45) is 0.183. The number of nitrogens with zero attached hydrogens (tertiary/aromatic N) is 1. The topological polar surface area (TPSA) is 38.5 Å². The van der Waals surface area contributed by atoms with Crippen molar-refractivity contribution in [2.75, 3.05) is 26.2 Å². The Kier molecular flexibility index (Phi) is 4.99. The summed E-state index contributed by atoms with van der Waals surface area (Å²) in [5.74, 6) is 0. The molecule has 5 heteroatoms. The molecule has 1 aromatic carbocycles. The molecule has 0 saturated carbocycles. The second-order valence-electron chi connectivity index (χ2n) is 4.21. The molecule has 2 rings (SSSR count). The lowest BCUT2D eigenvalue weighted by Crippen LogP contribution is -2.45. The highest BCUT2D eigenvalue weighted by Gasteiger charge is 2.19. The lowest BCUT2D eigenvalue weighted by Gasteiger charge is -2.32. The van der Waals surface area contributed by atoms with Gasteiger partial charge in [0.15, 0.2) is 0 Å². The van der Waals surface area contributed by atoms with E-state index < -0.39 is 0 Å². The fourth-order valence-corrected chi connectivity index (χ4v) is 2.64. The summed E-state index contributed by atoms with van der Waals surface area (Å²) in [6.45, 7) is 4.22. The smallest absolute Gasteiger partial charge is 0.0824 e. The molecule has 1 atom stereocenters. The largest absolute Gasteiger partial charge is 0.374 e. The number of nitrogens with two attached hydrogens (primary N) is 1. The van der Waals surface area contributed by atoms with Crippen LogP contribution in [0.25, 0.3) is 0 Å². The highest BCUT2D eigenvalue weighted by Crippen LogP contribution is 2.24. The van der Waals surface area contributed by atoms with Gasteiger partial charge in [0.25, 0.3) is 0 Å². The monoisotopic (exact) mass is 362 g/mol. The van der Waals surface area contributed by atoms with E-state index >= 15 is 0 Å². The Morgan fingerprint density at radius 2 is 2.18 bits per heavy atom. The minimum Gasteiger partial charge on any atom is -0.374 e. The van der Waals surface area contributed by atoms with Gasteiger partial charge in [0, 0.05) is 35.1 Å². The van der Waals surface area contributed by atoms with Crippen molar-refractivity contribution >= 4 is 31.9 Å². The lowest BCUT2D eigenvalue weighted by atomic mass is 10.2. The van der Waals surface area contributed by atoms with Crippen molar-refractivity contribution in [1.82, 2.24) is 4.90 Å². The van der Waals surface area contributed by atoms with Gasteiger partial charge in [-0.15, -0.1) is 0 Å². The van der Waals surface area contributed by atoms with Crippen LogP contribution in [0.15, 0.2) is 27.1 Å². The maximum absolute atomic E-state index is 5.64. The molecule has 2 N–H and O–H groups in total. The van der Waals surface area contributed by atoms with Crippen molar-refractivity contribution in [3.8, 4) is 0 Å². The third-order valence-corrected chi connectivity index (χ3v) is 4.76. The predicted molar refractivity (Wildman–Crippen MR) is 75.9 cm³/mol. The van der Waals surface area contributed by atoms with Crippen LogP contribution in [-0.2, 0) is 11.3 Å². The molecule has 94 valence electrons. The molecule has 1 aromatic rings. The molecule has 0 radical (unpaired) electrons. The standard InChI is InChI=1S/C12H16Br2N2O/c13-11-2-1-9(5-12(11)14)7-16-3-4-17-10(6-15)8-16/h1-2,5,10H,3-4,6-8,15H2. The molecule has 0 aliphatic carbocycles. The molecule has 0 amide bonds. The Hall–Kier alpha value is 0.0600. The van der Waals surface area contributed by atoms with E-state index in [1.165, 1.54) is 5.56 Å². The number of hydrogen-bond acceptors (Lipinski definition) is 3. The maximum Gasteiger partial charge on any atom is 0.0824 e. The van der Waals surface area contributed by atoms with Gasteiger partial charge in [-0.25, -0.2) is 0 Å². The zero-order valence-corrected chi connectivity index (χ0v) is 12.7. The van der Waals surface area contributed by atoms with Crippen LogP contribution < -0.4 is 5.73 Å². The second kappa shape index (κ2) is 6.29. The van der Waals surface area contributed by atoms with Crippen molar-refractivity contribution in [3.63, 3.8) is 0 Å². The van der Waals surface area contributed by atoms with E-state index in [2.05, 4.69) is 55.0 Å². The molecule has 17 heavy (non-hydrogen) atoms. The van der Waals surface area contributed by atoms with Crippen LogP contribution in [0, 0.1) is 0 Å². The van der Waals surface area contributed by atoms with Gasteiger partial charge in [-0.3, -0.25) is 4.90 Å². The van der Waals surface area contributed by atoms with Crippen LogP contribution >= 0.6 is 31.9 Å². The molecule has 0 aromatic heterocycles. The van der Waals surface area contributed by atoms with Crippen molar-refractivity contribution in [2.24, 2.45) is 5.73 Å². The van der Waals surface area contributed by atoms with E-state index in [1.54, 1.807) is 0 Å². The predicted octanol–water partition coefficient (Wildman–Crippen LogP) is 2.37. The summed E-state index contributed by atoms with van der Waals surface area (Å²) < 4.78 is 7.74. The molecule has 1 fully saturated rings. The van der Waals surface area contributed by atoms with Crippen LogP contribution in [0.5, 0.6) is 0 Å². The number of morpholine rings is 1. The summed E-state index contributed by atoms with van der Waals surface area (Å²) in [7, 11) is 0. The number of benzene rings is 1. The van der Waals surface area contributed by atoms with Crippen LogP contribution in [0.2, 0.25) is 0 Å². The van der Waals surface area contributed by atoms with E-state index in [0.29, 0.717) is 6.54 Å². The quantitative estimate of drug-likeness (QED) is 0.895. The molecular formula is C12H16Br2N2O. The van der Waals surface area contributed by atoms with Crippen LogP contribution in [-0.4, -0.2) is 37.2 Å². The average Bonchev–Trinajstić information content (AvgIpc) is 2.34. The van der Waals surface area contributed by atoms with Gasteiger partial charge in [-0.1, -0.05) is 6.07 Å². The Bertz CT molecular complexity index is 387. The van der Waals surface area contributed by atoms with Crippen LogP contribution in [0.3, 0.4) is 0 Å². The normalized spacial score (nSPS) is 21.7. The molecular weight excluding hydrogens is 348 g/mol. The molecule has 0 spiro atoms. The summed E-state index contributed by atoms with van der Waals surface area (Å²) in [5.41, 5.74) is 6.94. The lowest BCUT2D eigenvalue weighted by molar-refractivity contribution is -0.0260. The Morgan fingerprint density at radius 3 is 2.88 bits per heavy atom. The zero-order chi connectivity index (χ0) is 12.3. The fourth-order valence-electron chi connectivity index (χ4n) is 1.96. The van der Waals surface area contributed by atoms with Crippen LogP contribution in [0.1, 0.15) is 5.56 Å². The van der Waals surface area contributed by atoms with Gasteiger partial charge in [0.05, 0.1) is 12.7 Å². The molecule has 0 bridgehead atoms. The molecule has 1 unspecified atom stereocenters. The van der Waals surface area contributed by atoms with E-state index in [1.807, 2.05) is 0 Å². The summed E-state index contributed by atoms with van der Waals surface area (Å²) in [6, 6.07) is 6.36. The number of hydrogen-bond donors (Lipinski definition) is 1. The molecule has 1 saturated heterocycles. The first-order valence-electron chi connectivity index (χ1n) is 5.67.